The van der Waals surface area contributed by atoms with E-state index in [1.807, 2.05) is 29.3 Å². The minimum Gasteiger partial charge on any atom is -0.503 e. The maximum atomic E-state index is 9.90. The van der Waals surface area contributed by atoms with Crippen molar-refractivity contribution < 1.29 is 15.2 Å². The van der Waals surface area contributed by atoms with Crippen LogP contribution in [0.1, 0.15) is 16.8 Å². The van der Waals surface area contributed by atoms with Crippen LogP contribution in [0.15, 0.2) is 24.4 Å². The second-order valence-corrected chi connectivity index (χ2v) is 6.97. The van der Waals surface area contributed by atoms with Crippen molar-refractivity contribution in [2.75, 3.05) is 13.1 Å². The summed E-state index contributed by atoms with van der Waals surface area (Å²) in [4.78, 5) is 5.16. The first-order chi connectivity index (χ1) is 12.0. The first kappa shape index (κ1) is 18.0. The molecule has 0 spiro atoms. The lowest BCUT2D eigenvalue weighted by Gasteiger charge is -2.32. The molecule has 0 aliphatic carbocycles. The van der Waals surface area contributed by atoms with Crippen molar-refractivity contribution in [3.05, 3.63) is 51.3 Å². The number of pyridine rings is 1. The predicted molar refractivity (Wildman–Crippen MR) is 101 cm³/mol. The number of halogens is 2. The monoisotopic (exact) mass is 398 g/mol. The average molecular weight is 399 g/mol. The average Bonchev–Trinajstić information content (AvgIpc) is 2.65. The van der Waals surface area contributed by atoms with E-state index in [0.29, 0.717) is 36.7 Å². The molecule has 3 rings (SSSR count). The first-order valence-electron chi connectivity index (χ1n) is 7.88. The van der Waals surface area contributed by atoms with Gasteiger partial charge in [-0.1, -0.05) is 29.3 Å². The molecule has 0 fully saturated rings. The third-order valence-corrected chi connectivity index (χ3v) is 5.46. The summed E-state index contributed by atoms with van der Waals surface area (Å²) in [5, 5.41) is 23.9. The Morgan fingerprint density at radius 3 is 2.60 bits per heavy atom. The van der Waals surface area contributed by atoms with Gasteiger partial charge in [-0.15, -0.1) is 0 Å². The molecule has 1 aromatic carbocycles. The molecular weight excluding hydrogens is 381 g/mol. The van der Waals surface area contributed by atoms with E-state index >= 15 is 0 Å². The molecule has 1 aliphatic heterocycles. The summed E-state index contributed by atoms with van der Waals surface area (Å²) in [6.45, 7) is 1.81. The van der Waals surface area contributed by atoms with Crippen LogP contribution in [0.25, 0.3) is 0 Å². The molecule has 0 amide bonds. The second-order valence-electron chi connectivity index (χ2n) is 5.82. The van der Waals surface area contributed by atoms with Crippen LogP contribution in [0.5, 0.6) is 11.5 Å². The number of fused-ring (bicyclic) bond motifs is 1. The molecule has 1 aliphatic rings. The molecule has 1 aromatic heterocycles. The van der Waals surface area contributed by atoms with Gasteiger partial charge in [0.25, 0.3) is 0 Å². The van der Waals surface area contributed by atoms with Gasteiger partial charge in [-0.3, -0.25) is 0 Å². The number of H-pyrrole nitrogens is 1. The Labute approximate surface area is 161 Å². The summed E-state index contributed by atoms with van der Waals surface area (Å²) in [5.74, 6) is -0.746. The normalized spacial score (nSPS) is 13.4. The van der Waals surface area contributed by atoms with Gasteiger partial charge in [0.1, 0.15) is 0 Å². The Morgan fingerprint density at radius 1 is 1.20 bits per heavy atom. The number of rotatable bonds is 3. The third kappa shape index (κ3) is 3.76. The summed E-state index contributed by atoms with van der Waals surface area (Å²) in [7, 11) is 0. The van der Waals surface area contributed by atoms with Crippen molar-refractivity contribution in [1.29, 1.82) is 0 Å². The minimum absolute atomic E-state index is 0.128. The van der Waals surface area contributed by atoms with Crippen molar-refractivity contribution in [3.63, 3.8) is 0 Å². The van der Waals surface area contributed by atoms with Crippen LogP contribution in [0.2, 0.25) is 10.0 Å². The van der Waals surface area contributed by atoms with Gasteiger partial charge in [0, 0.05) is 38.2 Å². The van der Waals surface area contributed by atoms with Crippen LogP contribution in [-0.2, 0) is 19.4 Å². The van der Waals surface area contributed by atoms with Crippen molar-refractivity contribution in [3.8, 4) is 11.5 Å². The SMILES string of the molecule is Oc1c(O)c(Cl)c2c(c1Cl)CCN(C(=S)NCCc1cccc[nH+]1)C2. The lowest BCUT2D eigenvalue weighted by molar-refractivity contribution is -0.390. The van der Waals surface area contributed by atoms with Crippen molar-refractivity contribution in [2.45, 2.75) is 19.4 Å². The Balaban J connectivity index is 1.65. The molecule has 0 saturated carbocycles. The topological polar surface area (TPSA) is 69.9 Å². The van der Waals surface area contributed by atoms with E-state index in [9.17, 15) is 10.2 Å². The number of aromatic hydroxyl groups is 2. The number of benzene rings is 1. The Kier molecular flexibility index (Phi) is 5.51. The number of nitrogens with zero attached hydrogens (tertiary/aromatic N) is 1. The molecule has 5 nitrogen and oxygen atoms in total. The molecule has 0 unspecified atom stereocenters. The highest BCUT2D eigenvalue weighted by Gasteiger charge is 2.27. The highest BCUT2D eigenvalue weighted by molar-refractivity contribution is 7.80. The summed E-state index contributed by atoms with van der Waals surface area (Å²) < 4.78 is 0. The molecule has 132 valence electrons. The number of hydrogen-bond acceptors (Lipinski definition) is 3. The minimum atomic E-state index is -0.384. The lowest BCUT2D eigenvalue weighted by Crippen LogP contribution is -2.43. The molecule has 0 radical (unpaired) electrons. The lowest BCUT2D eigenvalue weighted by atomic mass is 9.98. The molecule has 25 heavy (non-hydrogen) atoms. The van der Waals surface area contributed by atoms with E-state index in [0.717, 1.165) is 17.7 Å². The molecule has 0 saturated heterocycles. The summed E-state index contributed by atoms with van der Waals surface area (Å²) in [5.41, 5.74) is 2.59. The quantitative estimate of drug-likeness (QED) is 0.547. The van der Waals surface area contributed by atoms with Crippen LogP contribution < -0.4 is 10.3 Å². The van der Waals surface area contributed by atoms with Gasteiger partial charge < -0.3 is 20.4 Å². The van der Waals surface area contributed by atoms with Crippen LogP contribution in [0, 0.1) is 0 Å². The Morgan fingerprint density at radius 2 is 1.92 bits per heavy atom. The van der Waals surface area contributed by atoms with Gasteiger partial charge in [-0.25, -0.2) is 4.98 Å². The molecule has 2 heterocycles. The number of phenols is 2. The third-order valence-electron chi connectivity index (χ3n) is 4.25. The number of aromatic amines is 1. The molecule has 0 bridgehead atoms. The fourth-order valence-electron chi connectivity index (χ4n) is 2.88. The van der Waals surface area contributed by atoms with Gasteiger partial charge in [-0.05, 0) is 29.8 Å². The highest BCUT2D eigenvalue weighted by atomic mass is 35.5. The molecule has 2 aromatic rings. The fourth-order valence-corrected chi connectivity index (χ4v) is 3.70. The van der Waals surface area contributed by atoms with Crippen LogP contribution in [-0.4, -0.2) is 33.3 Å². The van der Waals surface area contributed by atoms with Crippen LogP contribution in [0.4, 0.5) is 0 Å². The van der Waals surface area contributed by atoms with E-state index in [-0.39, 0.29) is 21.5 Å². The van der Waals surface area contributed by atoms with Crippen LogP contribution in [0.3, 0.4) is 0 Å². The zero-order chi connectivity index (χ0) is 18.0. The number of thiocarbonyl (C=S) groups is 1. The van der Waals surface area contributed by atoms with Crippen molar-refractivity contribution in [1.82, 2.24) is 10.2 Å². The molecule has 8 heteroatoms. The smallest absolute Gasteiger partial charge is 0.181 e. The van der Waals surface area contributed by atoms with Gasteiger partial charge in [-0.2, -0.15) is 0 Å². The number of aromatic nitrogens is 1. The van der Waals surface area contributed by atoms with Gasteiger partial charge in [0.2, 0.25) is 0 Å². The Hall–Kier alpha value is -1.76. The number of hydrogen-bond donors (Lipinski definition) is 3. The maximum Gasteiger partial charge on any atom is 0.181 e. The predicted octanol–water partition coefficient (Wildman–Crippen LogP) is 2.69. The van der Waals surface area contributed by atoms with Crippen molar-refractivity contribution >= 4 is 40.5 Å². The van der Waals surface area contributed by atoms with E-state index in [1.54, 1.807) is 0 Å². The maximum absolute atomic E-state index is 9.90. The molecular formula is C17H18Cl2N3O2S+. The van der Waals surface area contributed by atoms with Gasteiger partial charge >= 0.3 is 0 Å². The number of phenolic OH excluding ortho intramolecular Hbond substituents is 2. The van der Waals surface area contributed by atoms with E-state index in [1.165, 1.54) is 0 Å². The van der Waals surface area contributed by atoms with Crippen LogP contribution >= 0.6 is 35.4 Å². The van der Waals surface area contributed by atoms with Crippen molar-refractivity contribution in [2.24, 2.45) is 0 Å². The fraction of sp³-hybridized carbons (Fsp3) is 0.294. The number of nitrogens with one attached hydrogen (secondary N) is 2. The first-order valence-corrected chi connectivity index (χ1v) is 9.04. The molecule has 4 N–H and O–H groups in total. The second kappa shape index (κ2) is 7.64. The largest absolute Gasteiger partial charge is 0.503 e. The van der Waals surface area contributed by atoms with E-state index in [2.05, 4.69) is 10.3 Å². The summed E-state index contributed by atoms with van der Waals surface area (Å²) in [6.07, 6.45) is 3.31. The zero-order valence-electron chi connectivity index (χ0n) is 13.4. The summed E-state index contributed by atoms with van der Waals surface area (Å²) >= 11 is 17.8. The van der Waals surface area contributed by atoms with E-state index < -0.39 is 0 Å². The van der Waals surface area contributed by atoms with Gasteiger partial charge in [0.15, 0.2) is 28.5 Å². The molecule has 0 atom stereocenters. The Bertz CT molecular complexity index is 802. The zero-order valence-corrected chi connectivity index (χ0v) is 15.7. The van der Waals surface area contributed by atoms with Gasteiger partial charge in [0.05, 0.1) is 10.0 Å². The highest BCUT2D eigenvalue weighted by Crippen LogP contribution is 2.46. The standard InChI is InChI=1S/C17H17Cl2N3O2S/c18-13-11-5-8-22(9-12(11)14(19)16(24)15(13)23)17(25)21-7-4-10-3-1-2-6-20-10/h1-3,6,23-24H,4-5,7-9H2,(H,21,25)/p+1. The van der Waals surface area contributed by atoms with E-state index in [4.69, 9.17) is 35.4 Å². The summed E-state index contributed by atoms with van der Waals surface area (Å²) in [6, 6.07) is 5.95.